The molecule has 4 N–H and O–H groups in total. The molecule has 0 spiro atoms. The molecule has 4 atom stereocenters. The van der Waals surface area contributed by atoms with Gasteiger partial charge in [0.25, 0.3) is 0 Å². The first kappa shape index (κ1) is 41.5. The first-order valence-electron chi connectivity index (χ1n) is 17.3. The summed E-state index contributed by atoms with van der Waals surface area (Å²) in [6.07, 6.45) is 3.57. The van der Waals surface area contributed by atoms with Gasteiger partial charge in [-0.1, -0.05) is 65.8 Å². The highest BCUT2D eigenvalue weighted by Crippen LogP contribution is 2.33. The van der Waals surface area contributed by atoms with Crippen LogP contribution in [0.15, 0.2) is 72.8 Å². The summed E-state index contributed by atoms with van der Waals surface area (Å²) in [5.74, 6) is 4.47. The Balaban J connectivity index is 0.000000334. The van der Waals surface area contributed by atoms with Gasteiger partial charge in [-0.2, -0.15) is 0 Å². The summed E-state index contributed by atoms with van der Waals surface area (Å²) in [6, 6.07) is 22.1. The maximum absolute atomic E-state index is 9.54. The third-order valence-corrected chi connectivity index (χ3v) is 9.15. The molecule has 0 bridgehead atoms. The van der Waals surface area contributed by atoms with Crippen LogP contribution < -0.4 is 18.9 Å². The fourth-order valence-corrected chi connectivity index (χ4v) is 5.70. The number of hydrogen-bond donors (Lipinski definition) is 4. The van der Waals surface area contributed by atoms with Gasteiger partial charge in [-0.05, 0) is 120 Å². The van der Waals surface area contributed by atoms with Crippen LogP contribution in [-0.4, -0.2) is 48.9 Å². The summed E-state index contributed by atoms with van der Waals surface area (Å²) in [5.41, 5.74) is 4.47. The van der Waals surface area contributed by atoms with Crippen LogP contribution in [0.4, 0.5) is 0 Å². The smallest absolute Gasteiger partial charge is 0.160 e. The van der Waals surface area contributed by atoms with Crippen molar-refractivity contribution in [1.82, 2.24) is 0 Å². The van der Waals surface area contributed by atoms with Gasteiger partial charge in [0, 0.05) is 0 Å². The lowest BCUT2D eigenvalue weighted by Crippen LogP contribution is -2.14. The zero-order valence-corrected chi connectivity index (χ0v) is 31.5. The predicted octanol–water partition coefficient (Wildman–Crippen LogP) is 9.37. The molecule has 8 nitrogen and oxygen atoms in total. The molecule has 274 valence electrons. The maximum atomic E-state index is 9.54. The minimum atomic E-state index is -0.107. The van der Waals surface area contributed by atoms with Crippen molar-refractivity contribution in [1.29, 1.82) is 0 Å². The monoisotopic (exact) mass is 690 g/mol. The van der Waals surface area contributed by atoms with E-state index >= 15 is 0 Å². The van der Waals surface area contributed by atoms with Crippen LogP contribution >= 0.6 is 0 Å². The number of phenols is 4. The van der Waals surface area contributed by atoms with Gasteiger partial charge < -0.3 is 39.4 Å². The summed E-state index contributed by atoms with van der Waals surface area (Å²) in [6.45, 7) is 12.9. The zero-order valence-electron chi connectivity index (χ0n) is 31.5. The van der Waals surface area contributed by atoms with Gasteiger partial charge in [0.05, 0.1) is 28.4 Å². The molecule has 50 heavy (non-hydrogen) atoms. The van der Waals surface area contributed by atoms with Gasteiger partial charge in [0.2, 0.25) is 0 Å². The minimum absolute atomic E-state index is 0.0965. The lowest BCUT2D eigenvalue weighted by atomic mass is 9.85. The van der Waals surface area contributed by atoms with Crippen LogP contribution in [0.25, 0.3) is 0 Å². The highest BCUT2D eigenvalue weighted by Gasteiger charge is 2.17. The molecule has 0 amide bonds. The molecule has 8 heteroatoms. The highest BCUT2D eigenvalue weighted by atomic mass is 16.5. The van der Waals surface area contributed by atoms with E-state index in [2.05, 4.69) is 52.0 Å². The van der Waals surface area contributed by atoms with E-state index in [-0.39, 0.29) is 23.0 Å². The molecular weight excluding hydrogens is 632 g/mol. The van der Waals surface area contributed by atoms with Crippen molar-refractivity contribution in [3.05, 3.63) is 95.1 Å². The summed E-state index contributed by atoms with van der Waals surface area (Å²) in [7, 11) is 6.66. The molecule has 0 heterocycles. The number of rotatable bonds is 14. The number of methoxy groups -OCH3 is 4. The van der Waals surface area contributed by atoms with E-state index in [1.54, 1.807) is 40.6 Å². The Kier molecular flexibility index (Phi) is 17.2. The largest absolute Gasteiger partial charge is 0.504 e. The van der Waals surface area contributed by atoms with Crippen molar-refractivity contribution in [2.45, 2.75) is 67.2 Å². The number of benzene rings is 4. The van der Waals surface area contributed by atoms with Crippen molar-refractivity contribution >= 4 is 0 Å². The van der Waals surface area contributed by atoms with Gasteiger partial charge in [0.1, 0.15) is 0 Å². The van der Waals surface area contributed by atoms with Gasteiger partial charge >= 0.3 is 0 Å². The molecule has 0 aliphatic carbocycles. The van der Waals surface area contributed by atoms with Gasteiger partial charge in [-0.15, -0.1) is 0 Å². The number of ether oxygens (including phenoxy) is 4. The molecule has 0 aliphatic rings. The predicted molar refractivity (Wildman–Crippen MR) is 201 cm³/mol. The Hall–Kier alpha value is -4.72. The van der Waals surface area contributed by atoms with Crippen LogP contribution in [-0.2, 0) is 25.7 Å². The minimum Gasteiger partial charge on any atom is -0.504 e. The third-order valence-electron chi connectivity index (χ3n) is 9.15. The van der Waals surface area contributed by atoms with Crippen molar-refractivity contribution in [2.75, 3.05) is 28.4 Å². The quantitative estimate of drug-likeness (QED) is 0.0967. The number of hydrogen-bond acceptors (Lipinski definition) is 8. The van der Waals surface area contributed by atoms with E-state index in [1.807, 2.05) is 38.1 Å². The SMILES string of the molecule is CC.COc1ccc(C[C@@H](C)[C@@H](C)Cc2ccc(OC)c(OC)c2)cc1OC.C[C@H](Cc1ccc(O)c(O)c1)[C@@H](C)Cc1ccc(O)c(O)c1. The number of phenolic OH excluding ortho intramolecular Hbond substituents is 4. The lowest BCUT2D eigenvalue weighted by molar-refractivity contribution is 0.350. The molecule has 4 aromatic carbocycles. The second-order valence-electron chi connectivity index (χ2n) is 12.8. The molecule has 0 saturated carbocycles. The van der Waals surface area contributed by atoms with E-state index in [9.17, 15) is 20.4 Å². The van der Waals surface area contributed by atoms with E-state index in [4.69, 9.17) is 18.9 Å². The van der Waals surface area contributed by atoms with E-state index < -0.39 is 0 Å². The Morgan fingerprint density at radius 3 is 0.900 bits per heavy atom. The Bertz CT molecular complexity index is 1480. The van der Waals surface area contributed by atoms with E-state index in [0.29, 0.717) is 23.7 Å². The molecule has 0 aliphatic heterocycles. The van der Waals surface area contributed by atoms with Gasteiger partial charge in [0.15, 0.2) is 46.0 Å². The summed E-state index contributed by atoms with van der Waals surface area (Å²) < 4.78 is 21.5. The second-order valence-corrected chi connectivity index (χ2v) is 12.8. The average molecular weight is 691 g/mol. The van der Waals surface area contributed by atoms with Crippen LogP contribution in [0.2, 0.25) is 0 Å². The average Bonchev–Trinajstić information content (AvgIpc) is 3.12. The highest BCUT2D eigenvalue weighted by molar-refractivity contribution is 5.44. The summed E-state index contributed by atoms with van der Waals surface area (Å²) >= 11 is 0. The van der Waals surface area contributed by atoms with Crippen molar-refractivity contribution in [2.24, 2.45) is 23.7 Å². The third kappa shape index (κ3) is 12.3. The summed E-state index contributed by atoms with van der Waals surface area (Å²) in [4.78, 5) is 0. The van der Waals surface area contributed by atoms with Crippen molar-refractivity contribution in [3.8, 4) is 46.0 Å². The van der Waals surface area contributed by atoms with Crippen molar-refractivity contribution < 1.29 is 39.4 Å². The fraction of sp³-hybridized carbons (Fsp3) is 0.429. The number of aromatic hydroxyl groups is 4. The van der Waals surface area contributed by atoms with Crippen LogP contribution in [0, 0.1) is 23.7 Å². The molecular formula is C42H58O8. The molecule has 4 aromatic rings. The van der Waals surface area contributed by atoms with Gasteiger partial charge in [-0.3, -0.25) is 0 Å². The van der Waals surface area contributed by atoms with E-state index in [1.165, 1.54) is 23.3 Å². The second kappa shape index (κ2) is 20.7. The van der Waals surface area contributed by atoms with Crippen LogP contribution in [0.5, 0.6) is 46.0 Å². The Morgan fingerprint density at radius 2 is 0.640 bits per heavy atom. The maximum Gasteiger partial charge on any atom is 0.160 e. The first-order chi connectivity index (χ1) is 23.9. The fourth-order valence-electron chi connectivity index (χ4n) is 5.70. The molecule has 0 fully saturated rings. The van der Waals surface area contributed by atoms with Crippen molar-refractivity contribution in [3.63, 3.8) is 0 Å². The topological polar surface area (TPSA) is 118 Å². The molecule has 4 rings (SSSR count). The van der Waals surface area contributed by atoms with E-state index in [0.717, 1.165) is 59.8 Å². The molecule has 0 saturated heterocycles. The zero-order chi connectivity index (χ0) is 37.4. The first-order valence-corrected chi connectivity index (χ1v) is 17.3. The van der Waals surface area contributed by atoms with Gasteiger partial charge in [-0.25, -0.2) is 0 Å². The normalized spacial score (nSPS) is 12.9. The Morgan fingerprint density at radius 1 is 0.380 bits per heavy atom. The standard InChI is InChI=1S/C22H30O4.C18H22O4.C2H6/c1-15(11-17-7-9-19(23-3)21(13-17)25-5)16(2)12-18-8-10-20(24-4)22(14-18)26-6;1-11(7-13-3-5-15(19)17(21)9-13)12(2)8-14-4-6-16(20)18(22)10-14;1-2/h7-10,13-16H,11-12H2,1-6H3;3-6,9-12,19-22H,7-8H2,1-2H3;1-2H3/t15-,16+;11-,12+;. The molecule has 0 aromatic heterocycles. The molecule has 0 unspecified atom stereocenters. The Labute approximate surface area is 299 Å². The molecule has 0 radical (unpaired) electrons. The van der Waals surface area contributed by atoms with Crippen LogP contribution in [0.1, 0.15) is 63.8 Å². The lowest BCUT2D eigenvalue weighted by Gasteiger charge is -2.21. The summed E-state index contributed by atoms with van der Waals surface area (Å²) in [5, 5.41) is 37.8. The van der Waals surface area contributed by atoms with Crippen LogP contribution in [0.3, 0.4) is 0 Å².